The normalized spacial score (nSPS) is 11.1. The first-order valence-electron chi connectivity index (χ1n) is 7.77. The van der Waals surface area contributed by atoms with Gasteiger partial charge in [-0.1, -0.05) is 26.8 Å². The van der Waals surface area contributed by atoms with Crippen molar-refractivity contribution in [2.24, 2.45) is 0 Å². The molecule has 0 spiro atoms. The minimum absolute atomic E-state index is 0.0211. The zero-order valence-electron chi connectivity index (χ0n) is 15.0. The fourth-order valence-electron chi connectivity index (χ4n) is 2.47. The number of rotatable bonds is 4. The summed E-state index contributed by atoms with van der Waals surface area (Å²) in [5, 5.41) is 23.1. The van der Waals surface area contributed by atoms with Gasteiger partial charge in [0.15, 0.2) is 11.5 Å². The minimum Gasteiger partial charge on any atom is -0.506 e. The largest absolute Gasteiger partial charge is 0.506 e. The Morgan fingerprint density at radius 3 is 2.20 bits per heavy atom. The van der Waals surface area contributed by atoms with E-state index in [1.54, 1.807) is 18.2 Å². The van der Waals surface area contributed by atoms with Crippen LogP contribution in [0.15, 0.2) is 30.3 Å². The topological polar surface area (TPSA) is 88.0 Å². The minimum atomic E-state index is -0.488. The molecule has 2 aromatic carbocycles. The third-order valence-corrected chi connectivity index (χ3v) is 3.85. The van der Waals surface area contributed by atoms with Gasteiger partial charge in [0, 0.05) is 11.1 Å². The molecule has 0 saturated carbocycles. The van der Waals surface area contributed by atoms with Crippen molar-refractivity contribution < 1.29 is 24.5 Å². The van der Waals surface area contributed by atoms with Crippen LogP contribution >= 0.6 is 0 Å². The van der Waals surface area contributed by atoms with Crippen LogP contribution in [0.4, 0.5) is 5.69 Å². The first-order chi connectivity index (χ1) is 11.7. The number of phenolic OH excluding ortho intramolecular Hbond substituents is 2. The Morgan fingerprint density at radius 2 is 1.64 bits per heavy atom. The zero-order valence-corrected chi connectivity index (χ0v) is 15.0. The Bertz CT molecular complexity index is 793. The highest BCUT2D eigenvalue weighted by molar-refractivity contribution is 6.06. The molecule has 3 N–H and O–H groups in total. The molecule has 25 heavy (non-hydrogen) atoms. The molecular weight excluding hydrogens is 322 g/mol. The van der Waals surface area contributed by atoms with E-state index in [9.17, 15) is 15.0 Å². The van der Waals surface area contributed by atoms with E-state index in [0.717, 1.165) is 0 Å². The number of phenols is 2. The summed E-state index contributed by atoms with van der Waals surface area (Å²) < 4.78 is 10.3. The van der Waals surface area contributed by atoms with Crippen molar-refractivity contribution in [3.63, 3.8) is 0 Å². The van der Waals surface area contributed by atoms with Crippen molar-refractivity contribution in [2.45, 2.75) is 26.2 Å². The standard InChI is InChI=1S/C19H23NO5/c1-19(2,3)12-7-8-13(21)16(17(12)22)20-18(23)11-6-9-14(24-4)15(10-11)25-5/h6-10,21-22H,1-5H3,(H,20,23). The first-order valence-corrected chi connectivity index (χ1v) is 7.77. The summed E-state index contributed by atoms with van der Waals surface area (Å²) >= 11 is 0. The van der Waals surface area contributed by atoms with Crippen LogP contribution in [0.1, 0.15) is 36.7 Å². The summed E-state index contributed by atoms with van der Waals surface area (Å²) in [4.78, 5) is 12.5. The summed E-state index contributed by atoms with van der Waals surface area (Å²) in [6.07, 6.45) is 0. The van der Waals surface area contributed by atoms with E-state index >= 15 is 0 Å². The smallest absolute Gasteiger partial charge is 0.256 e. The predicted molar refractivity (Wildman–Crippen MR) is 96.0 cm³/mol. The summed E-state index contributed by atoms with van der Waals surface area (Å²) in [7, 11) is 2.98. The Kier molecular flexibility index (Phi) is 5.11. The Hall–Kier alpha value is -2.89. The van der Waals surface area contributed by atoms with Gasteiger partial charge >= 0.3 is 0 Å². The van der Waals surface area contributed by atoms with E-state index in [4.69, 9.17) is 9.47 Å². The summed E-state index contributed by atoms with van der Waals surface area (Å²) in [5.74, 6) is 0.0600. The molecule has 0 unspecified atom stereocenters. The quantitative estimate of drug-likeness (QED) is 0.736. The third kappa shape index (κ3) is 3.79. The van der Waals surface area contributed by atoms with E-state index in [2.05, 4.69) is 5.32 Å². The molecule has 0 bridgehead atoms. The Balaban J connectivity index is 2.38. The number of aromatic hydroxyl groups is 2. The van der Waals surface area contributed by atoms with Crippen LogP contribution < -0.4 is 14.8 Å². The number of benzene rings is 2. The maximum absolute atomic E-state index is 12.5. The van der Waals surface area contributed by atoms with Gasteiger partial charge in [-0.3, -0.25) is 4.79 Å². The molecule has 0 fully saturated rings. The molecule has 2 rings (SSSR count). The fraction of sp³-hybridized carbons (Fsp3) is 0.316. The number of ether oxygens (including phenoxy) is 2. The molecule has 0 aliphatic rings. The van der Waals surface area contributed by atoms with Crippen molar-refractivity contribution in [3.05, 3.63) is 41.5 Å². The first kappa shape index (κ1) is 18.4. The van der Waals surface area contributed by atoms with Gasteiger partial charge in [0.25, 0.3) is 5.91 Å². The second kappa shape index (κ2) is 6.93. The maximum Gasteiger partial charge on any atom is 0.256 e. The van der Waals surface area contributed by atoms with Crippen molar-refractivity contribution >= 4 is 11.6 Å². The van der Waals surface area contributed by atoms with Gasteiger partial charge in [0.2, 0.25) is 0 Å². The molecule has 0 radical (unpaired) electrons. The monoisotopic (exact) mass is 345 g/mol. The van der Waals surface area contributed by atoms with Crippen LogP contribution in [0.5, 0.6) is 23.0 Å². The van der Waals surface area contributed by atoms with Crippen LogP contribution in [0.3, 0.4) is 0 Å². The summed E-state index contributed by atoms with van der Waals surface area (Å²) in [5.41, 5.74) is 0.554. The molecule has 0 atom stereocenters. The molecule has 0 saturated heterocycles. The number of amides is 1. The van der Waals surface area contributed by atoms with Gasteiger partial charge in [0.05, 0.1) is 14.2 Å². The fourth-order valence-corrected chi connectivity index (χ4v) is 2.47. The predicted octanol–water partition coefficient (Wildman–Crippen LogP) is 3.66. The van der Waals surface area contributed by atoms with Gasteiger partial charge in [-0.15, -0.1) is 0 Å². The van der Waals surface area contributed by atoms with Gasteiger partial charge in [-0.2, -0.15) is 0 Å². The molecule has 0 aliphatic heterocycles. The number of hydrogen-bond donors (Lipinski definition) is 3. The second-order valence-corrected chi connectivity index (χ2v) is 6.63. The van der Waals surface area contributed by atoms with Gasteiger partial charge in [0.1, 0.15) is 17.2 Å². The number of anilines is 1. The average Bonchev–Trinajstić information content (AvgIpc) is 2.56. The van der Waals surface area contributed by atoms with Crippen molar-refractivity contribution in [2.75, 3.05) is 19.5 Å². The zero-order chi connectivity index (χ0) is 18.8. The molecule has 0 aromatic heterocycles. The molecule has 1 amide bonds. The molecule has 134 valence electrons. The number of methoxy groups -OCH3 is 2. The SMILES string of the molecule is COc1ccc(C(=O)Nc2c(O)ccc(C(C)(C)C)c2O)cc1OC. The molecule has 6 nitrogen and oxygen atoms in total. The van der Waals surface area contributed by atoms with Crippen LogP contribution in [-0.2, 0) is 5.41 Å². The van der Waals surface area contributed by atoms with Crippen molar-refractivity contribution in [1.29, 1.82) is 0 Å². The highest BCUT2D eigenvalue weighted by atomic mass is 16.5. The van der Waals surface area contributed by atoms with E-state index in [0.29, 0.717) is 22.6 Å². The third-order valence-electron chi connectivity index (χ3n) is 3.85. The summed E-state index contributed by atoms with van der Waals surface area (Å²) in [6, 6.07) is 7.79. The van der Waals surface area contributed by atoms with Crippen LogP contribution in [0.2, 0.25) is 0 Å². The number of nitrogens with one attached hydrogen (secondary N) is 1. The van der Waals surface area contributed by atoms with Gasteiger partial charge in [-0.05, 0) is 29.7 Å². The number of hydrogen-bond acceptors (Lipinski definition) is 5. The average molecular weight is 345 g/mol. The van der Waals surface area contributed by atoms with E-state index in [-0.39, 0.29) is 22.6 Å². The van der Waals surface area contributed by atoms with Crippen molar-refractivity contribution in [1.82, 2.24) is 0 Å². The van der Waals surface area contributed by atoms with Gasteiger partial charge in [-0.25, -0.2) is 0 Å². The van der Waals surface area contributed by atoms with Gasteiger partial charge < -0.3 is 25.0 Å². The lowest BCUT2D eigenvalue weighted by Gasteiger charge is -2.22. The Morgan fingerprint density at radius 1 is 1.00 bits per heavy atom. The van der Waals surface area contributed by atoms with Crippen molar-refractivity contribution in [3.8, 4) is 23.0 Å². The number of carbonyl (C=O) groups excluding carboxylic acids is 1. The molecule has 0 heterocycles. The lowest BCUT2D eigenvalue weighted by molar-refractivity contribution is 0.102. The highest BCUT2D eigenvalue weighted by Crippen LogP contribution is 2.41. The van der Waals surface area contributed by atoms with E-state index in [1.807, 2.05) is 20.8 Å². The molecule has 6 heteroatoms. The van der Waals surface area contributed by atoms with Crippen LogP contribution in [0, 0.1) is 0 Å². The summed E-state index contributed by atoms with van der Waals surface area (Å²) in [6.45, 7) is 5.79. The second-order valence-electron chi connectivity index (χ2n) is 6.63. The van der Waals surface area contributed by atoms with E-state index in [1.165, 1.54) is 26.4 Å². The highest BCUT2D eigenvalue weighted by Gasteiger charge is 2.23. The molecule has 0 aliphatic carbocycles. The maximum atomic E-state index is 12.5. The number of carbonyl (C=O) groups is 1. The Labute approximate surface area is 147 Å². The van der Waals surface area contributed by atoms with E-state index < -0.39 is 5.91 Å². The lowest BCUT2D eigenvalue weighted by atomic mass is 9.86. The molecular formula is C19H23NO5. The van der Waals surface area contributed by atoms with Crippen LogP contribution in [0.25, 0.3) is 0 Å². The van der Waals surface area contributed by atoms with Crippen LogP contribution in [-0.4, -0.2) is 30.3 Å². The molecule has 2 aromatic rings. The lowest BCUT2D eigenvalue weighted by Crippen LogP contribution is -2.15.